The van der Waals surface area contributed by atoms with Crippen LogP contribution in [0.1, 0.15) is 34.4 Å². The van der Waals surface area contributed by atoms with Gasteiger partial charge in [-0.15, -0.1) is 0 Å². The van der Waals surface area contributed by atoms with Crippen LogP contribution in [-0.4, -0.2) is 22.7 Å². The Kier molecular flexibility index (Phi) is 3.63. The first-order valence-corrected chi connectivity index (χ1v) is 7.41. The van der Waals surface area contributed by atoms with E-state index in [0.29, 0.717) is 22.6 Å². The van der Waals surface area contributed by atoms with E-state index in [1.807, 2.05) is 0 Å². The predicted molar refractivity (Wildman–Crippen MR) is 84.8 cm³/mol. The van der Waals surface area contributed by atoms with E-state index in [2.05, 4.69) is 5.32 Å². The SMILES string of the molecule is Cc1ccc(C2(C)NC(=O)N(Cc3cccc(C(N)=O)c3)C2=O)o1. The fourth-order valence-electron chi connectivity index (χ4n) is 2.72. The molecule has 24 heavy (non-hydrogen) atoms. The summed E-state index contributed by atoms with van der Waals surface area (Å²) in [6, 6.07) is 9.41. The first-order valence-electron chi connectivity index (χ1n) is 7.41. The molecular formula is C17H17N3O4. The van der Waals surface area contributed by atoms with Gasteiger partial charge in [0.05, 0.1) is 6.54 Å². The van der Waals surface area contributed by atoms with Gasteiger partial charge in [0.15, 0.2) is 5.54 Å². The van der Waals surface area contributed by atoms with Crippen LogP contribution in [0.2, 0.25) is 0 Å². The second-order valence-electron chi connectivity index (χ2n) is 5.92. The molecule has 4 amide bonds. The first kappa shape index (κ1) is 15.8. The summed E-state index contributed by atoms with van der Waals surface area (Å²) in [5.74, 6) is 0.0592. The van der Waals surface area contributed by atoms with Crippen molar-refractivity contribution >= 4 is 17.8 Å². The first-order chi connectivity index (χ1) is 11.3. The van der Waals surface area contributed by atoms with Crippen LogP contribution in [0.4, 0.5) is 4.79 Å². The predicted octanol–water partition coefficient (Wildman–Crippen LogP) is 1.65. The third-order valence-corrected chi connectivity index (χ3v) is 4.06. The molecule has 2 heterocycles. The maximum Gasteiger partial charge on any atom is 0.325 e. The van der Waals surface area contributed by atoms with E-state index in [9.17, 15) is 14.4 Å². The zero-order valence-electron chi connectivity index (χ0n) is 13.3. The van der Waals surface area contributed by atoms with Crippen molar-refractivity contribution in [1.29, 1.82) is 0 Å². The summed E-state index contributed by atoms with van der Waals surface area (Å²) in [4.78, 5) is 37.4. The second kappa shape index (κ2) is 5.52. The Morgan fingerprint density at radius 1 is 1.29 bits per heavy atom. The molecular weight excluding hydrogens is 310 g/mol. The van der Waals surface area contributed by atoms with Crippen molar-refractivity contribution in [2.45, 2.75) is 25.9 Å². The molecule has 0 aliphatic carbocycles. The molecule has 1 aromatic heterocycles. The molecule has 2 aromatic rings. The number of aryl methyl sites for hydroxylation is 1. The third kappa shape index (κ3) is 2.54. The molecule has 3 rings (SSSR count). The fraction of sp³-hybridized carbons (Fsp3) is 0.235. The number of nitrogens with one attached hydrogen (secondary N) is 1. The summed E-state index contributed by atoms with van der Waals surface area (Å²) in [6.45, 7) is 3.41. The summed E-state index contributed by atoms with van der Waals surface area (Å²) in [5, 5.41) is 2.67. The number of rotatable bonds is 4. The van der Waals surface area contributed by atoms with Crippen LogP contribution in [0.25, 0.3) is 0 Å². The van der Waals surface area contributed by atoms with Crippen LogP contribution in [0.5, 0.6) is 0 Å². The van der Waals surface area contributed by atoms with Gasteiger partial charge >= 0.3 is 6.03 Å². The molecule has 1 atom stereocenters. The minimum Gasteiger partial charge on any atom is -0.463 e. The van der Waals surface area contributed by atoms with Crippen molar-refractivity contribution in [2.75, 3.05) is 0 Å². The molecule has 1 aromatic carbocycles. The molecule has 7 nitrogen and oxygen atoms in total. The molecule has 1 aliphatic rings. The van der Waals surface area contributed by atoms with E-state index in [0.717, 1.165) is 4.90 Å². The van der Waals surface area contributed by atoms with Gasteiger partial charge in [0.1, 0.15) is 11.5 Å². The van der Waals surface area contributed by atoms with Gasteiger partial charge < -0.3 is 15.5 Å². The highest BCUT2D eigenvalue weighted by Gasteiger charge is 2.51. The Hall–Kier alpha value is -3.09. The number of benzene rings is 1. The molecule has 7 heteroatoms. The number of nitrogens with two attached hydrogens (primary N) is 1. The quantitative estimate of drug-likeness (QED) is 0.833. The van der Waals surface area contributed by atoms with Crippen LogP contribution in [-0.2, 0) is 16.9 Å². The van der Waals surface area contributed by atoms with E-state index in [-0.39, 0.29) is 6.54 Å². The van der Waals surface area contributed by atoms with Crippen LogP contribution in [0.15, 0.2) is 40.8 Å². The van der Waals surface area contributed by atoms with Crippen LogP contribution < -0.4 is 11.1 Å². The van der Waals surface area contributed by atoms with Gasteiger partial charge in [-0.05, 0) is 43.7 Å². The zero-order chi connectivity index (χ0) is 17.5. The average Bonchev–Trinajstić information content (AvgIpc) is 3.06. The van der Waals surface area contributed by atoms with Crippen molar-refractivity contribution in [3.8, 4) is 0 Å². The Bertz CT molecular complexity index is 842. The molecule has 124 valence electrons. The lowest BCUT2D eigenvalue weighted by Gasteiger charge is -2.19. The molecule has 0 radical (unpaired) electrons. The lowest BCUT2D eigenvalue weighted by atomic mass is 9.99. The summed E-state index contributed by atoms with van der Waals surface area (Å²) in [5.41, 5.74) is 4.97. The van der Waals surface area contributed by atoms with Gasteiger partial charge in [0.2, 0.25) is 5.91 Å². The topological polar surface area (TPSA) is 106 Å². The van der Waals surface area contributed by atoms with Crippen molar-refractivity contribution < 1.29 is 18.8 Å². The minimum absolute atomic E-state index is 0.0427. The highest BCUT2D eigenvalue weighted by molar-refractivity contribution is 6.06. The van der Waals surface area contributed by atoms with Gasteiger partial charge in [-0.1, -0.05) is 12.1 Å². The molecule has 1 aliphatic heterocycles. The van der Waals surface area contributed by atoms with Crippen LogP contribution in [0, 0.1) is 6.92 Å². The van der Waals surface area contributed by atoms with Gasteiger partial charge in [-0.25, -0.2) is 4.79 Å². The monoisotopic (exact) mass is 327 g/mol. The standard InChI is InChI=1S/C17H17N3O4/c1-10-6-7-13(24-10)17(2)15(22)20(16(23)19-17)9-11-4-3-5-12(8-11)14(18)21/h3-8H,9H2,1-2H3,(H2,18,21)(H,19,23). The normalized spacial score (nSPS) is 20.3. The van der Waals surface area contributed by atoms with Crippen molar-refractivity contribution in [2.24, 2.45) is 5.73 Å². The Balaban J connectivity index is 1.87. The molecule has 1 fully saturated rings. The number of nitrogens with zero attached hydrogens (tertiary/aromatic N) is 1. The summed E-state index contributed by atoms with van der Waals surface area (Å²) in [7, 11) is 0. The number of primary amides is 1. The number of hydrogen-bond donors (Lipinski definition) is 2. The fourth-order valence-corrected chi connectivity index (χ4v) is 2.72. The highest BCUT2D eigenvalue weighted by atomic mass is 16.3. The van der Waals surface area contributed by atoms with Crippen molar-refractivity contribution in [3.05, 3.63) is 59.0 Å². The van der Waals surface area contributed by atoms with Gasteiger partial charge in [0.25, 0.3) is 5.91 Å². The lowest BCUT2D eigenvalue weighted by molar-refractivity contribution is -0.132. The summed E-state index contributed by atoms with van der Waals surface area (Å²) < 4.78 is 5.51. The molecule has 0 bridgehead atoms. The third-order valence-electron chi connectivity index (χ3n) is 4.06. The van der Waals surface area contributed by atoms with Crippen LogP contribution in [0.3, 0.4) is 0 Å². The smallest absolute Gasteiger partial charge is 0.325 e. The maximum absolute atomic E-state index is 12.8. The molecule has 0 saturated carbocycles. The maximum atomic E-state index is 12.8. The number of imide groups is 1. The molecule has 0 spiro atoms. The summed E-state index contributed by atoms with van der Waals surface area (Å²) >= 11 is 0. The van der Waals surface area contributed by atoms with Gasteiger partial charge in [0, 0.05) is 5.56 Å². The minimum atomic E-state index is -1.24. The van der Waals surface area contributed by atoms with Crippen molar-refractivity contribution in [3.63, 3.8) is 0 Å². The van der Waals surface area contributed by atoms with E-state index in [1.165, 1.54) is 0 Å². The Morgan fingerprint density at radius 3 is 2.67 bits per heavy atom. The molecule has 1 saturated heterocycles. The second-order valence-corrected chi connectivity index (χ2v) is 5.92. The van der Waals surface area contributed by atoms with E-state index < -0.39 is 23.4 Å². The zero-order valence-corrected chi connectivity index (χ0v) is 13.3. The average molecular weight is 327 g/mol. The largest absolute Gasteiger partial charge is 0.463 e. The summed E-state index contributed by atoms with van der Waals surface area (Å²) in [6.07, 6.45) is 0. The lowest BCUT2D eigenvalue weighted by Crippen LogP contribution is -2.40. The van der Waals surface area contributed by atoms with Gasteiger partial charge in [-0.2, -0.15) is 0 Å². The van der Waals surface area contributed by atoms with Crippen molar-refractivity contribution in [1.82, 2.24) is 10.2 Å². The highest BCUT2D eigenvalue weighted by Crippen LogP contribution is 2.31. The van der Waals surface area contributed by atoms with Gasteiger partial charge in [-0.3, -0.25) is 14.5 Å². The Labute approximate surface area is 138 Å². The number of furan rings is 1. The number of amides is 4. The number of hydrogen-bond acceptors (Lipinski definition) is 4. The van der Waals surface area contributed by atoms with E-state index in [1.54, 1.807) is 50.2 Å². The molecule has 1 unspecified atom stereocenters. The number of carbonyl (C=O) groups is 3. The molecule has 3 N–H and O–H groups in total. The van der Waals surface area contributed by atoms with E-state index >= 15 is 0 Å². The number of urea groups is 1. The van der Waals surface area contributed by atoms with Crippen LogP contribution >= 0.6 is 0 Å². The number of carbonyl (C=O) groups excluding carboxylic acids is 3. The Morgan fingerprint density at radius 2 is 2.04 bits per heavy atom. The van der Waals surface area contributed by atoms with E-state index in [4.69, 9.17) is 10.2 Å².